The average molecular weight is 278 g/mol. The smallest absolute Gasteiger partial charge is 0.0637 e. The minimum atomic E-state index is 0.776. The molecule has 18 heavy (non-hydrogen) atoms. The van der Waals surface area contributed by atoms with Gasteiger partial charge in [0.15, 0.2) is 0 Å². The van der Waals surface area contributed by atoms with Crippen LogP contribution in [0, 0.1) is 6.92 Å². The fraction of sp³-hybridized carbons (Fsp3) is 0.200. The first-order valence-corrected chi connectivity index (χ1v) is 7.30. The molecule has 1 nitrogen and oxygen atoms in total. The zero-order valence-electron chi connectivity index (χ0n) is 10.3. The number of benzene rings is 2. The van der Waals surface area contributed by atoms with E-state index in [1.165, 1.54) is 10.5 Å². The van der Waals surface area contributed by atoms with Crippen LogP contribution in [-0.2, 0) is 0 Å². The van der Waals surface area contributed by atoms with Gasteiger partial charge in [0, 0.05) is 17.2 Å². The van der Waals surface area contributed by atoms with E-state index in [0.29, 0.717) is 0 Å². The predicted octanol–water partition coefficient (Wildman–Crippen LogP) is 4.85. The normalized spacial score (nSPS) is 10.3. The summed E-state index contributed by atoms with van der Waals surface area (Å²) in [4.78, 5) is 1.31. The number of anilines is 1. The van der Waals surface area contributed by atoms with Crippen molar-refractivity contribution in [3.8, 4) is 0 Å². The molecule has 0 heterocycles. The van der Waals surface area contributed by atoms with Crippen LogP contribution in [0.4, 0.5) is 5.69 Å². The summed E-state index contributed by atoms with van der Waals surface area (Å²) in [5, 5.41) is 4.12. The van der Waals surface area contributed by atoms with Crippen molar-refractivity contribution in [1.29, 1.82) is 0 Å². The maximum atomic E-state index is 6.07. The highest BCUT2D eigenvalue weighted by molar-refractivity contribution is 7.99. The first-order chi connectivity index (χ1) is 8.75. The van der Waals surface area contributed by atoms with Crippen molar-refractivity contribution in [1.82, 2.24) is 0 Å². The molecule has 0 aromatic heterocycles. The van der Waals surface area contributed by atoms with E-state index in [4.69, 9.17) is 11.6 Å². The van der Waals surface area contributed by atoms with Crippen LogP contribution in [0.15, 0.2) is 53.4 Å². The van der Waals surface area contributed by atoms with Gasteiger partial charge < -0.3 is 5.32 Å². The molecule has 0 aliphatic heterocycles. The van der Waals surface area contributed by atoms with E-state index in [0.717, 1.165) is 23.0 Å². The Balaban J connectivity index is 1.76. The SMILES string of the molecule is Cc1ccc(SCCNc2ccccc2Cl)cc1. The molecule has 3 heteroatoms. The number of thioether (sulfide) groups is 1. The molecule has 0 saturated carbocycles. The highest BCUT2D eigenvalue weighted by atomic mass is 35.5. The quantitative estimate of drug-likeness (QED) is 0.619. The maximum absolute atomic E-state index is 6.07. The first kappa shape index (κ1) is 13.3. The lowest BCUT2D eigenvalue weighted by Crippen LogP contribution is -2.04. The molecule has 0 aliphatic carbocycles. The molecule has 0 spiro atoms. The fourth-order valence-corrected chi connectivity index (χ4v) is 2.56. The van der Waals surface area contributed by atoms with E-state index < -0.39 is 0 Å². The number of para-hydroxylation sites is 1. The first-order valence-electron chi connectivity index (χ1n) is 5.93. The highest BCUT2D eigenvalue weighted by Gasteiger charge is 1.98. The van der Waals surface area contributed by atoms with E-state index in [9.17, 15) is 0 Å². The Hall–Kier alpha value is -1.12. The Labute approximate surface area is 118 Å². The fourth-order valence-electron chi connectivity index (χ4n) is 1.59. The highest BCUT2D eigenvalue weighted by Crippen LogP contribution is 2.21. The van der Waals surface area contributed by atoms with Crippen LogP contribution in [0.3, 0.4) is 0 Å². The molecule has 0 saturated heterocycles. The molecule has 0 amide bonds. The molecule has 2 rings (SSSR count). The number of aryl methyl sites for hydroxylation is 1. The summed E-state index contributed by atoms with van der Waals surface area (Å²) >= 11 is 7.92. The molecular formula is C15H16ClNS. The predicted molar refractivity (Wildman–Crippen MR) is 81.8 cm³/mol. The van der Waals surface area contributed by atoms with E-state index in [-0.39, 0.29) is 0 Å². The lowest BCUT2D eigenvalue weighted by Gasteiger charge is -2.07. The number of hydrogen-bond donors (Lipinski definition) is 1. The lowest BCUT2D eigenvalue weighted by atomic mass is 10.2. The summed E-state index contributed by atoms with van der Waals surface area (Å²) in [7, 11) is 0. The molecule has 2 aromatic rings. The average Bonchev–Trinajstić information content (AvgIpc) is 2.39. The van der Waals surface area contributed by atoms with Gasteiger partial charge in [-0.3, -0.25) is 0 Å². The minimum absolute atomic E-state index is 0.776. The second-order valence-corrected chi connectivity index (χ2v) is 5.64. The van der Waals surface area contributed by atoms with Gasteiger partial charge in [0.25, 0.3) is 0 Å². The zero-order chi connectivity index (χ0) is 12.8. The Morgan fingerprint density at radius 2 is 1.78 bits per heavy atom. The van der Waals surface area contributed by atoms with Crippen molar-refractivity contribution >= 4 is 29.1 Å². The summed E-state index contributed by atoms with van der Waals surface area (Å²) in [5.41, 5.74) is 2.30. The van der Waals surface area contributed by atoms with Gasteiger partial charge in [-0.05, 0) is 31.2 Å². The Morgan fingerprint density at radius 1 is 1.06 bits per heavy atom. The maximum Gasteiger partial charge on any atom is 0.0637 e. The molecule has 0 radical (unpaired) electrons. The monoisotopic (exact) mass is 277 g/mol. The Morgan fingerprint density at radius 3 is 2.50 bits per heavy atom. The van der Waals surface area contributed by atoms with Crippen LogP contribution in [-0.4, -0.2) is 12.3 Å². The second-order valence-electron chi connectivity index (χ2n) is 4.07. The van der Waals surface area contributed by atoms with E-state index in [2.05, 4.69) is 36.5 Å². The number of hydrogen-bond acceptors (Lipinski definition) is 2. The zero-order valence-corrected chi connectivity index (χ0v) is 11.9. The van der Waals surface area contributed by atoms with Crippen molar-refractivity contribution in [3.05, 3.63) is 59.1 Å². The minimum Gasteiger partial charge on any atom is -0.383 e. The van der Waals surface area contributed by atoms with Gasteiger partial charge in [0.2, 0.25) is 0 Å². The summed E-state index contributed by atoms with van der Waals surface area (Å²) in [6.45, 7) is 3.01. The molecule has 0 bridgehead atoms. The van der Waals surface area contributed by atoms with Gasteiger partial charge in [-0.15, -0.1) is 11.8 Å². The lowest BCUT2D eigenvalue weighted by molar-refractivity contribution is 1.22. The van der Waals surface area contributed by atoms with E-state index in [1.54, 1.807) is 0 Å². The third-order valence-corrected chi connectivity index (χ3v) is 3.92. The van der Waals surface area contributed by atoms with Crippen LogP contribution in [0.5, 0.6) is 0 Å². The molecule has 0 unspecified atom stereocenters. The van der Waals surface area contributed by atoms with Gasteiger partial charge in [-0.25, -0.2) is 0 Å². The van der Waals surface area contributed by atoms with Crippen LogP contribution in [0.25, 0.3) is 0 Å². The molecule has 94 valence electrons. The van der Waals surface area contributed by atoms with Gasteiger partial charge in [0.05, 0.1) is 10.7 Å². The van der Waals surface area contributed by atoms with Crippen molar-refractivity contribution in [3.63, 3.8) is 0 Å². The van der Waals surface area contributed by atoms with Crippen molar-refractivity contribution in [2.45, 2.75) is 11.8 Å². The van der Waals surface area contributed by atoms with Gasteiger partial charge in [-0.2, -0.15) is 0 Å². The third kappa shape index (κ3) is 3.97. The van der Waals surface area contributed by atoms with Crippen molar-refractivity contribution < 1.29 is 0 Å². The van der Waals surface area contributed by atoms with Gasteiger partial charge in [-0.1, -0.05) is 41.4 Å². The van der Waals surface area contributed by atoms with Crippen LogP contribution in [0.1, 0.15) is 5.56 Å². The van der Waals surface area contributed by atoms with E-state index in [1.807, 2.05) is 36.0 Å². The van der Waals surface area contributed by atoms with Gasteiger partial charge in [0.1, 0.15) is 0 Å². The van der Waals surface area contributed by atoms with Crippen molar-refractivity contribution in [2.24, 2.45) is 0 Å². The Bertz CT molecular complexity index is 496. The summed E-state index contributed by atoms with van der Waals surface area (Å²) in [6, 6.07) is 16.4. The number of halogens is 1. The number of nitrogens with one attached hydrogen (secondary N) is 1. The molecule has 1 N–H and O–H groups in total. The topological polar surface area (TPSA) is 12.0 Å². The summed E-state index contributed by atoms with van der Waals surface area (Å²) in [5.74, 6) is 1.02. The summed E-state index contributed by atoms with van der Waals surface area (Å²) < 4.78 is 0. The number of rotatable bonds is 5. The van der Waals surface area contributed by atoms with Crippen molar-refractivity contribution in [2.75, 3.05) is 17.6 Å². The molecule has 2 aromatic carbocycles. The summed E-state index contributed by atoms with van der Waals surface area (Å²) in [6.07, 6.45) is 0. The largest absolute Gasteiger partial charge is 0.383 e. The van der Waals surface area contributed by atoms with Crippen LogP contribution in [0.2, 0.25) is 5.02 Å². The third-order valence-electron chi connectivity index (χ3n) is 2.58. The van der Waals surface area contributed by atoms with E-state index >= 15 is 0 Å². The van der Waals surface area contributed by atoms with Crippen LogP contribution < -0.4 is 5.32 Å². The standard InChI is InChI=1S/C15H16ClNS/c1-12-6-8-13(9-7-12)18-11-10-17-15-5-3-2-4-14(15)16/h2-9,17H,10-11H2,1H3. The Kier molecular flexibility index (Phi) is 4.97. The molecular weight excluding hydrogens is 262 g/mol. The molecule has 0 atom stereocenters. The second kappa shape index (κ2) is 6.72. The van der Waals surface area contributed by atoms with Crippen LogP contribution >= 0.6 is 23.4 Å². The van der Waals surface area contributed by atoms with Gasteiger partial charge >= 0.3 is 0 Å². The molecule has 0 fully saturated rings. The molecule has 0 aliphatic rings.